The second-order valence-electron chi connectivity index (χ2n) is 5.12. The van der Waals surface area contributed by atoms with Gasteiger partial charge in [0.1, 0.15) is 0 Å². The van der Waals surface area contributed by atoms with E-state index in [0.717, 1.165) is 6.42 Å². The maximum Gasteiger partial charge on any atom is 0.0465 e. The van der Waals surface area contributed by atoms with Gasteiger partial charge in [-0.05, 0) is 29.6 Å². The van der Waals surface area contributed by atoms with Crippen molar-refractivity contribution < 1.29 is 10.2 Å². The lowest BCUT2D eigenvalue weighted by Crippen LogP contribution is -2.07. The highest BCUT2D eigenvalue weighted by molar-refractivity contribution is 4.97. The molecule has 0 saturated heterocycles. The SMILES string of the molecule is CC(C)(C)CC1[C@@H](CO)[C@H]1CO. The summed E-state index contributed by atoms with van der Waals surface area (Å²) in [5.41, 5.74) is 0.321. The van der Waals surface area contributed by atoms with E-state index in [2.05, 4.69) is 20.8 Å². The van der Waals surface area contributed by atoms with E-state index in [1.54, 1.807) is 0 Å². The third-order valence-corrected chi connectivity index (χ3v) is 2.78. The van der Waals surface area contributed by atoms with Crippen LogP contribution in [0, 0.1) is 23.2 Å². The van der Waals surface area contributed by atoms with E-state index < -0.39 is 0 Å². The monoisotopic (exact) mass is 172 g/mol. The first kappa shape index (κ1) is 10.0. The molecule has 2 N–H and O–H groups in total. The largest absolute Gasteiger partial charge is 0.396 e. The fourth-order valence-electron chi connectivity index (χ4n) is 2.08. The van der Waals surface area contributed by atoms with Gasteiger partial charge in [0.2, 0.25) is 0 Å². The van der Waals surface area contributed by atoms with Crippen molar-refractivity contribution >= 4 is 0 Å². The van der Waals surface area contributed by atoms with E-state index in [9.17, 15) is 0 Å². The molecule has 1 fully saturated rings. The van der Waals surface area contributed by atoms with Gasteiger partial charge in [0.05, 0.1) is 0 Å². The van der Waals surface area contributed by atoms with Crippen molar-refractivity contribution in [2.24, 2.45) is 23.2 Å². The Morgan fingerprint density at radius 3 is 1.58 bits per heavy atom. The lowest BCUT2D eigenvalue weighted by atomic mass is 9.88. The molecule has 0 radical (unpaired) electrons. The van der Waals surface area contributed by atoms with Crippen LogP contribution in [-0.2, 0) is 0 Å². The maximum absolute atomic E-state index is 8.96. The highest BCUT2D eigenvalue weighted by Crippen LogP contribution is 2.51. The Kier molecular flexibility index (Phi) is 2.79. The third-order valence-electron chi connectivity index (χ3n) is 2.78. The Morgan fingerprint density at radius 2 is 1.33 bits per heavy atom. The minimum Gasteiger partial charge on any atom is -0.396 e. The molecule has 0 aromatic rings. The molecule has 2 nitrogen and oxygen atoms in total. The van der Waals surface area contributed by atoms with Crippen molar-refractivity contribution in [1.29, 1.82) is 0 Å². The van der Waals surface area contributed by atoms with Crippen LogP contribution >= 0.6 is 0 Å². The summed E-state index contributed by atoms with van der Waals surface area (Å²) in [6, 6.07) is 0. The number of aliphatic hydroxyl groups is 2. The molecule has 1 aliphatic carbocycles. The van der Waals surface area contributed by atoms with Crippen LogP contribution < -0.4 is 0 Å². The number of hydrogen-bond acceptors (Lipinski definition) is 2. The third kappa shape index (κ3) is 2.20. The maximum atomic E-state index is 8.96. The van der Waals surface area contributed by atoms with E-state index in [-0.39, 0.29) is 13.2 Å². The molecule has 72 valence electrons. The zero-order valence-corrected chi connectivity index (χ0v) is 8.25. The molecule has 1 rings (SSSR count). The first-order chi connectivity index (χ1) is 5.49. The number of hydrogen-bond donors (Lipinski definition) is 2. The van der Waals surface area contributed by atoms with Crippen molar-refractivity contribution in [2.45, 2.75) is 27.2 Å². The Labute approximate surface area is 74.6 Å². The Morgan fingerprint density at radius 1 is 0.917 bits per heavy atom. The van der Waals surface area contributed by atoms with Crippen molar-refractivity contribution in [1.82, 2.24) is 0 Å². The molecule has 1 saturated carbocycles. The van der Waals surface area contributed by atoms with Gasteiger partial charge in [-0.3, -0.25) is 0 Å². The van der Waals surface area contributed by atoms with Crippen LogP contribution in [0.5, 0.6) is 0 Å². The molecule has 1 unspecified atom stereocenters. The summed E-state index contributed by atoms with van der Waals surface area (Å²) in [5.74, 6) is 1.29. The minimum atomic E-state index is 0.242. The fraction of sp³-hybridized carbons (Fsp3) is 1.00. The number of aliphatic hydroxyl groups excluding tert-OH is 2. The summed E-state index contributed by atoms with van der Waals surface area (Å²) in [7, 11) is 0. The average Bonchev–Trinajstić information content (AvgIpc) is 2.57. The summed E-state index contributed by atoms with van der Waals surface area (Å²) in [6.45, 7) is 7.09. The zero-order valence-electron chi connectivity index (χ0n) is 8.25. The minimum absolute atomic E-state index is 0.242. The second-order valence-corrected chi connectivity index (χ2v) is 5.12. The van der Waals surface area contributed by atoms with Gasteiger partial charge in [0.15, 0.2) is 0 Å². The molecule has 0 heterocycles. The van der Waals surface area contributed by atoms with Gasteiger partial charge >= 0.3 is 0 Å². The highest BCUT2D eigenvalue weighted by atomic mass is 16.3. The summed E-state index contributed by atoms with van der Waals surface area (Å²) in [4.78, 5) is 0. The van der Waals surface area contributed by atoms with Crippen molar-refractivity contribution in [2.75, 3.05) is 13.2 Å². The predicted molar refractivity (Wildman–Crippen MR) is 48.7 cm³/mol. The molecule has 2 heteroatoms. The molecule has 1 aliphatic rings. The first-order valence-corrected chi connectivity index (χ1v) is 4.71. The Bertz CT molecular complexity index is 138. The van der Waals surface area contributed by atoms with Crippen LogP contribution in [0.15, 0.2) is 0 Å². The van der Waals surface area contributed by atoms with E-state index in [1.807, 2.05) is 0 Å². The first-order valence-electron chi connectivity index (χ1n) is 4.71. The van der Waals surface area contributed by atoms with Crippen LogP contribution in [0.3, 0.4) is 0 Å². The molecular formula is C10H20O2. The van der Waals surface area contributed by atoms with Gasteiger partial charge in [0.25, 0.3) is 0 Å². The van der Waals surface area contributed by atoms with Crippen LogP contribution in [0.4, 0.5) is 0 Å². The van der Waals surface area contributed by atoms with Crippen LogP contribution in [-0.4, -0.2) is 23.4 Å². The Hall–Kier alpha value is -0.0800. The van der Waals surface area contributed by atoms with Gasteiger partial charge in [-0.25, -0.2) is 0 Å². The van der Waals surface area contributed by atoms with E-state index in [4.69, 9.17) is 10.2 Å². The molecule has 0 amide bonds. The van der Waals surface area contributed by atoms with Crippen LogP contribution in [0.25, 0.3) is 0 Å². The predicted octanol–water partition coefficient (Wildman–Crippen LogP) is 1.27. The topological polar surface area (TPSA) is 40.5 Å². The van der Waals surface area contributed by atoms with Crippen molar-refractivity contribution in [3.05, 3.63) is 0 Å². The second kappa shape index (κ2) is 3.35. The molecular weight excluding hydrogens is 152 g/mol. The van der Waals surface area contributed by atoms with E-state index in [0.29, 0.717) is 23.2 Å². The summed E-state index contributed by atoms with van der Waals surface area (Å²) >= 11 is 0. The molecule has 0 bridgehead atoms. The van der Waals surface area contributed by atoms with Crippen molar-refractivity contribution in [3.8, 4) is 0 Å². The van der Waals surface area contributed by atoms with E-state index in [1.165, 1.54) is 0 Å². The van der Waals surface area contributed by atoms with Gasteiger partial charge in [-0.2, -0.15) is 0 Å². The molecule has 3 atom stereocenters. The lowest BCUT2D eigenvalue weighted by molar-refractivity contribution is 0.232. The van der Waals surface area contributed by atoms with Crippen LogP contribution in [0.2, 0.25) is 0 Å². The van der Waals surface area contributed by atoms with Gasteiger partial charge in [-0.15, -0.1) is 0 Å². The molecule has 0 spiro atoms. The molecule has 12 heavy (non-hydrogen) atoms. The van der Waals surface area contributed by atoms with Gasteiger partial charge in [-0.1, -0.05) is 20.8 Å². The van der Waals surface area contributed by atoms with Gasteiger partial charge < -0.3 is 10.2 Å². The van der Waals surface area contributed by atoms with E-state index >= 15 is 0 Å². The lowest BCUT2D eigenvalue weighted by Gasteiger charge is -2.17. The van der Waals surface area contributed by atoms with Gasteiger partial charge in [0, 0.05) is 13.2 Å². The smallest absolute Gasteiger partial charge is 0.0465 e. The highest BCUT2D eigenvalue weighted by Gasteiger charge is 2.49. The average molecular weight is 172 g/mol. The Balaban J connectivity index is 2.36. The fourth-order valence-corrected chi connectivity index (χ4v) is 2.08. The normalized spacial score (nSPS) is 35.2. The molecule has 0 aromatic carbocycles. The standard InChI is InChI=1S/C10H20O2/c1-10(2,3)4-7-8(5-11)9(7)6-12/h7-9,11-12H,4-6H2,1-3H3/t7?,8-,9+. The molecule has 0 aromatic heterocycles. The van der Waals surface area contributed by atoms with Crippen molar-refractivity contribution in [3.63, 3.8) is 0 Å². The summed E-state index contributed by atoms with van der Waals surface area (Å²) in [6.07, 6.45) is 1.11. The summed E-state index contributed by atoms with van der Waals surface area (Å²) in [5, 5.41) is 17.9. The number of rotatable bonds is 3. The summed E-state index contributed by atoms with van der Waals surface area (Å²) < 4.78 is 0. The van der Waals surface area contributed by atoms with Crippen LogP contribution in [0.1, 0.15) is 27.2 Å². The molecule has 0 aliphatic heterocycles. The zero-order chi connectivity index (χ0) is 9.35. The quantitative estimate of drug-likeness (QED) is 0.673.